The Hall–Kier alpha value is -4.98. The molecule has 2 N–H and O–H groups in total. The molecule has 14 heteroatoms. The third-order valence-corrected chi connectivity index (χ3v) is 8.00. The number of nitrogens with zero attached hydrogens (tertiary/aromatic N) is 2. The van der Waals surface area contributed by atoms with E-state index in [9.17, 15) is 18.0 Å². The van der Waals surface area contributed by atoms with Gasteiger partial charge in [-0.2, -0.15) is 5.10 Å². The first-order valence-electron chi connectivity index (χ1n) is 13.8. The molecule has 0 bridgehead atoms. The van der Waals surface area contributed by atoms with Gasteiger partial charge in [-0.1, -0.05) is 13.8 Å². The van der Waals surface area contributed by atoms with Crippen molar-refractivity contribution in [3.63, 3.8) is 0 Å². The lowest BCUT2D eigenvalue weighted by molar-refractivity contribution is -0.123. The minimum Gasteiger partial charge on any atom is -0.497 e. The van der Waals surface area contributed by atoms with E-state index in [2.05, 4.69) is 15.8 Å². The van der Waals surface area contributed by atoms with Gasteiger partial charge in [0.25, 0.3) is 21.8 Å². The minimum atomic E-state index is -4.36. The van der Waals surface area contributed by atoms with Crippen LogP contribution in [-0.4, -0.2) is 74.6 Å². The molecule has 0 aliphatic rings. The van der Waals surface area contributed by atoms with Gasteiger partial charge < -0.3 is 29.0 Å². The molecular formula is C31H38N4O9S. The van der Waals surface area contributed by atoms with Crippen LogP contribution in [0.15, 0.2) is 70.7 Å². The van der Waals surface area contributed by atoms with Crippen molar-refractivity contribution in [2.45, 2.75) is 18.7 Å². The van der Waals surface area contributed by atoms with Crippen molar-refractivity contribution in [1.29, 1.82) is 0 Å². The molecule has 3 rings (SSSR count). The lowest BCUT2D eigenvalue weighted by Crippen LogP contribution is -2.39. The second-order valence-electron chi connectivity index (χ2n) is 9.92. The first-order valence-corrected chi connectivity index (χ1v) is 15.2. The highest BCUT2D eigenvalue weighted by Gasteiger charge is 2.31. The number of nitrogens with one attached hydrogen (secondary N) is 2. The fourth-order valence-corrected chi connectivity index (χ4v) is 5.35. The molecule has 0 spiro atoms. The number of anilines is 1. The summed E-state index contributed by atoms with van der Waals surface area (Å²) in [4.78, 5) is 24.8. The molecule has 0 aromatic heterocycles. The third-order valence-electron chi connectivity index (χ3n) is 6.25. The van der Waals surface area contributed by atoms with Gasteiger partial charge in [-0.15, -0.1) is 0 Å². The molecule has 0 aliphatic heterocycles. The number of methoxy groups -OCH3 is 4. The predicted octanol–water partition coefficient (Wildman–Crippen LogP) is 3.22. The van der Waals surface area contributed by atoms with E-state index in [0.717, 1.165) is 4.31 Å². The second-order valence-corrected chi connectivity index (χ2v) is 11.8. The SMILES string of the molecule is COc1ccc(OC)c(N(CC(=O)N/N=C\c2ccc(OCC(=O)NCC(C)C)cc2)S(=O)(=O)c2ccc(OC)c(OC)c2)c1. The average Bonchev–Trinajstić information content (AvgIpc) is 3.05. The summed E-state index contributed by atoms with van der Waals surface area (Å²) in [7, 11) is 1.28. The highest BCUT2D eigenvalue weighted by atomic mass is 32.2. The van der Waals surface area contributed by atoms with Crippen LogP contribution >= 0.6 is 0 Å². The molecule has 3 aromatic rings. The maximum atomic E-state index is 14.0. The standard InChI is InChI=1S/C31H38N4O9S/c1-21(2)17-32-31(37)20-44-23-9-7-22(8-10-23)18-33-34-30(36)19-35(26-15-24(40-3)11-13-27(26)41-4)45(38,39)25-12-14-28(42-5)29(16-25)43-6/h7-16,18,21H,17,19-20H2,1-6H3,(H,32,37)(H,34,36)/b33-18-. The van der Waals surface area contributed by atoms with E-state index in [1.165, 1.54) is 65.0 Å². The van der Waals surface area contributed by atoms with Crippen LogP contribution in [0.1, 0.15) is 19.4 Å². The van der Waals surface area contributed by atoms with Gasteiger partial charge in [-0.25, -0.2) is 13.8 Å². The van der Waals surface area contributed by atoms with Crippen LogP contribution in [0.3, 0.4) is 0 Å². The van der Waals surface area contributed by atoms with Crippen molar-refractivity contribution in [3.8, 4) is 28.7 Å². The largest absolute Gasteiger partial charge is 0.497 e. The number of amides is 2. The summed E-state index contributed by atoms with van der Waals surface area (Å²) in [6.45, 7) is 3.80. The minimum absolute atomic E-state index is 0.0687. The molecule has 13 nitrogen and oxygen atoms in total. The first-order chi connectivity index (χ1) is 21.5. The van der Waals surface area contributed by atoms with Crippen molar-refractivity contribution >= 4 is 33.7 Å². The Kier molecular flexibility index (Phi) is 12.4. The van der Waals surface area contributed by atoms with E-state index in [1.807, 2.05) is 13.8 Å². The lowest BCUT2D eigenvalue weighted by Gasteiger charge is -2.26. The quantitative estimate of drug-likeness (QED) is 0.177. The fourth-order valence-electron chi connectivity index (χ4n) is 3.91. The van der Waals surface area contributed by atoms with E-state index in [-0.39, 0.29) is 34.6 Å². The first kappa shape index (κ1) is 34.5. The number of hydrogen-bond acceptors (Lipinski definition) is 10. The highest BCUT2D eigenvalue weighted by molar-refractivity contribution is 7.92. The topological polar surface area (TPSA) is 154 Å². The van der Waals surface area contributed by atoms with E-state index >= 15 is 0 Å². The number of benzene rings is 3. The predicted molar refractivity (Wildman–Crippen MR) is 169 cm³/mol. The monoisotopic (exact) mass is 642 g/mol. The molecule has 45 heavy (non-hydrogen) atoms. The summed E-state index contributed by atoms with van der Waals surface area (Å²) < 4.78 is 55.6. The van der Waals surface area contributed by atoms with Crippen LogP contribution in [0.25, 0.3) is 0 Å². The Morgan fingerprint density at radius 2 is 1.47 bits per heavy atom. The van der Waals surface area contributed by atoms with Gasteiger partial charge in [0.05, 0.1) is 45.2 Å². The molecule has 3 aromatic carbocycles. The smallest absolute Gasteiger partial charge is 0.265 e. The van der Waals surface area contributed by atoms with Gasteiger partial charge >= 0.3 is 0 Å². The fraction of sp³-hybridized carbons (Fsp3) is 0.323. The van der Waals surface area contributed by atoms with Gasteiger partial charge in [-0.05, 0) is 60.0 Å². The van der Waals surface area contributed by atoms with Crippen LogP contribution in [0.4, 0.5) is 5.69 Å². The summed E-state index contributed by atoms with van der Waals surface area (Å²) in [6.07, 6.45) is 1.39. The van der Waals surface area contributed by atoms with Crippen molar-refractivity contribution in [3.05, 3.63) is 66.2 Å². The molecule has 0 saturated carbocycles. The number of sulfonamides is 1. The van der Waals surface area contributed by atoms with Crippen molar-refractivity contribution in [1.82, 2.24) is 10.7 Å². The number of carbonyl (C=O) groups excluding carboxylic acids is 2. The maximum absolute atomic E-state index is 14.0. The van der Waals surface area contributed by atoms with Gasteiger partial charge in [0.2, 0.25) is 0 Å². The molecular weight excluding hydrogens is 604 g/mol. The van der Waals surface area contributed by atoms with Crippen molar-refractivity contribution < 1.29 is 41.7 Å². The second kappa shape index (κ2) is 16.2. The molecule has 0 atom stereocenters. The highest BCUT2D eigenvalue weighted by Crippen LogP contribution is 2.37. The number of rotatable bonds is 16. The van der Waals surface area contributed by atoms with Crippen LogP contribution in [0.2, 0.25) is 0 Å². The molecule has 0 fully saturated rings. The van der Waals surface area contributed by atoms with E-state index < -0.39 is 22.5 Å². The molecule has 2 amide bonds. The van der Waals surface area contributed by atoms with Crippen LogP contribution in [-0.2, 0) is 19.6 Å². The lowest BCUT2D eigenvalue weighted by atomic mass is 10.2. The van der Waals surface area contributed by atoms with Crippen molar-refractivity contribution in [2.75, 3.05) is 52.4 Å². The number of hydrazone groups is 1. The van der Waals surface area contributed by atoms with Crippen LogP contribution in [0, 0.1) is 5.92 Å². The summed E-state index contributed by atoms with van der Waals surface area (Å²) in [6, 6.07) is 15.4. The number of carbonyl (C=O) groups is 2. The Balaban J connectivity index is 1.79. The van der Waals surface area contributed by atoms with E-state index in [4.69, 9.17) is 23.7 Å². The molecule has 0 unspecified atom stereocenters. The molecule has 0 heterocycles. The molecule has 0 radical (unpaired) electrons. The van der Waals surface area contributed by atoms with E-state index in [0.29, 0.717) is 35.3 Å². The third kappa shape index (κ3) is 9.50. The van der Waals surface area contributed by atoms with Gasteiger partial charge in [0, 0.05) is 18.7 Å². The van der Waals surface area contributed by atoms with E-state index in [1.54, 1.807) is 30.3 Å². The normalized spacial score (nSPS) is 11.2. The Morgan fingerprint density at radius 3 is 2.09 bits per heavy atom. The Labute approximate surface area is 263 Å². The number of ether oxygens (including phenoxy) is 5. The van der Waals surface area contributed by atoms with Crippen LogP contribution < -0.4 is 38.7 Å². The molecule has 242 valence electrons. The Morgan fingerprint density at radius 1 is 0.822 bits per heavy atom. The summed E-state index contributed by atoms with van der Waals surface area (Å²) in [5.74, 6) is 0.938. The van der Waals surface area contributed by atoms with Crippen molar-refractivity contribution in [2.24, 2.45) is 11.0 Å². The summed E-state index contributed by atoms with van der Waals surface area (Å²) in [5.41, 5.74) is 3.05. The zero-order valence-electron chi connectivity index (χ0n) is 26.0. The summed E-state index contributed by atoms with van der Waals surface area (Å²) >= 11 is 0. The maximum Gasteiger partial charge on any atom is 0.265 e. The zero-order chi connectivity index (χ0) is 33.0. The number of hydrogen-bond donors (Lipinski definition) is 2. The van der Waals surface area contributed by atoms with Gasteiger partial charge in [-0.3, -0.25) is 13.9 Å². The zero-order valence-corrected chi connectivity index (χ0v) is 26.8. The van der Waals surface area contributed by atoms with Gasteiger partial charge in [0.1, 0.15) is 23.8 Å². The summed E-state index contributed by atoms with van der Waals surface area (Å²) in [5, 5.41) is 6.75. The van der Waals surface area contributed by atoms with Crippen LogP contribution in [0.5, 0.6) is 28.7 Å². The van der Waals surface area contributed by atoms with Gasteiger partial charge in [0.15, 0.2) is 18.1 Å². The Bertz CT molecular complexity index is 1590. The molecule has 0 aliphatic carbocycles. The average molecular weight is 643 g/mol. The molecule has 0 saturated heterocycles.